The summed E-state index contributed by atoms with van der Waals surface area (Å²) in [5, 5.41) is 10.1. The van der Waals surface area contributed by atoms with Gasteiger partial charge in [-0.1, -0.05) is 37.3 Å². The molecule has 3 rings (SSSR count). The Kier molecular flexibility index (Phi) is 5.28. The third-order valence-electron chi connectivity index (χ3n) is 3.96. The Morgan fingerprint density at radius 2 is 2.04 bits per heavy atom. The molecule has 1 aromatic carbocycles. The van der Waals surface area contributed by atoms with E-state index in [9.17, 15) is 4.79 Å². The Bertz CT molecular complexity index is 853. The molecule has 0 saturated carbocycles. The van der Waals surface area contributed by atoms with Crippen LogP contribution >= 0.6 is 11.3 Å². The highest BCUT2D eigenvalue weighted by atomic mass is 32.1. The number of thiazole rings is 1. The molecule has 1 N–H and O–H groups in total. The van der Waals surface area contributed by atoms with Crippen molar-refractivity contribution in [2.45, 2.75) is 27.3 Å². The lowest BCUT2D eigenvalue weighted by Crippen LogP contribution is -2.30. The van der Waals surface area contributed by atoms with Crippen LogP contribution in [0, 0.1) is 19.8 Å². The van der Waals surface area contributed by atoms with Crippen LogP contribution in [0.4, 0.5) is 0 Å². The first-order chi connectivity index (χ1) is 12.0. The fourth-order valence-electron chi connectivity index (χ4n) is 2.67. The lowest BCUT2D eigenvalue weighted by Gasteiger charge is -2.13. The number of nitrogens with one attached hydrogen (secondary N) is 1. The molecular weight excluding hydrogens is 332 g/mol. The van der Waals surface area contributed by atoms with Crippen LogP contribution in [0.25, 0.3) is 10.6 Å². The van der Waals surface area contributed by atoms with E-state index < -0.39 is 0 Å². The van der Waals surface area contributed by atoms with E-state index in [0.717, 1.165) is 28.5 Å². The van der Waals surface area contributed by atoms with Gasteiger partial charge >= 0.3 is 0 Å². The second-order valence-corrected chi connectivity index (χ2v) is 7.19. The van der Waals surface area contributed by atoms with Crippen molar-refractivity contribution in [1.29, 1.82) is 0 Å². The molecule has 25 heavy (non-hydrogen) atoms. The van der Waals surface area contributed by atoms with Gasteiger partial charge in [-0.3, -0.25) is 9.48 Å². The van der Waals surface area contributed by atoms with E-state index in [-0.39, 0.29) is 11.8 Å². The van der Waals surface area contributed by atoms with E-state index in [1.165, 1.54) is 11.3 Å². The Morgan fingerprint density at radius 3 is 2.72 bits per heavy atom. The van der Waals surface area contributed by atoms with Crippen LogP contribution < -0.4 is 5.32 Å². The largest absolute Gasteiger partial charge is 0.350 e. The summed E-state index contributed by atoms with van der Waals surface area (Å²) in [6.07, 6.45) is 0. The Hall–Kier alpha value is -2.47. The topological polar surface area (TPSA) is 59.8 Å². The highest BCUT2D eigenvalue weighted by Gasteiger charge is 2.13. The van der Waals surface area contributed by atoms with Gasteiger partial charge < -0.3 is 5.32 Å². The number of benzene rings is 1. The number of aryl methyl sites for hydroxylation is 2. The molecule has 0 bridgehead atoms. The van der Waals surface area contributed by atoms with E-state index in [1.807, 2.05) is 54.2 Å². The Morgan fingerprint density at radius 1 is 1.28 bits per heavy atom. The number of aromatic nitrogens is 3. The maximum atomic E-state index is 12.3. The number of rotatable bonds is 6. The van der Waals surface area contributed by atoms with Crippen molar-refractivity contribution in [3.63, 3.8) is 0 Å². The van der Waals surface area contributed by atoms with E-state index >= 15 is 0 Å². The zero-order valence-electron chi connectivity index (χ0n) is 14.7. The molecule has 0 aliphatic carbocycles. The van der Waals surface area contributed by atoms with Crippen molar-refractivity contribution in [3.8, 4) is 10.6 Å². The van der Waals surface area contributed by atoms with Gasteiger partial charge in [0, 0.05) is 29.7 Å². The van der Waals surface area contributed by atoms with Crippen molar-refractivity contribution >= 4 is 17.2 Å². The van der Waals surface area contributed by atoms with Gasteiger partial charge in [-0.25, -0.2) is 4.98 Å². The molecule has 6 heteroatoms. The molecule has 1 atom stereocenters. The predicted octanol–water partition coefficient (Wildman–Crippen LogP) is 3.69. The van der Waals surface area contributed by atoms with Gasteiger partial charge in [0.25, 0.3) is 5.91 Å². The lowest BCUT2D eigenvalue weighted by atomic mass is 10.2. The first-order valence-corrected chi connectivity index (χ1v) is 9.21. The normalized spacial score (nSPS) is 12.1. The third-order valence-corrected chi connectivity index (χ3v) is 4.85. The molecule has 0 fully saturated rings. The van der Waals surface area contributed by atoms with Gasteiger partial charge in [0.05, 0.1) is 5.69 Å². The average molecular weight is 354 g/mol. The molecule has 0 radical (unpaired) electrons. The minimum atomic E-state index is -0.126. The van der Waals surface area contributed by atoms with Gasteiger partial charge in [-0.05, 0) is 25.8 Å². The molecule has 3 aromatic rings. The van der Waals surface area contributed by atoms with Gasteiger partial charge in [-0.15, -0.1) is 11.3 Å². The number of hydrogen-bond acceptors (Lipinski definition) is 4. The summed E-state index contributed by atoms with van der Waals surface area (Å²) in [6, 6.07) is 12.0. The molecule has 2 heterocycles. The molecule has 130 valence electrons. The maximum absolute atomic E-state index is 12.3. The van der Waals surface area contributed by atoms with Gasteiger partial charge in [-0.2, -0.15) is 5.10 Å². The maximum Gasteiger partial charge on any atom is 0.270 e. The molecule has 1 amide bonds. The summed E-state index contributed by atoms with van der Waals surface area (Å²) in [5.74, 6) is 0.160. The van der Waals surface area contributed by atoms with Crippen LogP contribution in [0.15, 0.2) is 41.8 Å². The molecule has 2 aromatic heterocycles. The highest BCUT2D eigenvalue weighted by molar-refractivity contribution is 7.13. The summed E-state index contributed by atoms with van der Waals surface area (Å²) in [5.41, 5.74) is 3.67. The molecule has 0 spiro atoms. The van der Waals surface area contributed by atoms with Crippen molar-refractivity contribution in [1.82, 2.24) is 20.1 Å². The highest BCUT2D eigenvalue weighted by Crippen LogP contribution is 2.23. The standard InChI is InChI=1S/C19H22N4OS/c1-13(11-23-15(3)9-14(2)22-23)10-20-18(24)17-12-25-19(21-17)16-7-5-4-6-8-16/h4-9,12-13H,10-11H2,1-3H3,(H,20,24). The molecule has 5 nitrogen and oxygen atoms in total. The van der Waals surface area contributed by atoms with E-state index in [0.29, 0.717) is 12.2 Å². The number of carbonyl (C=O) groups is 1. The first-order valence-electron chi connectivity index (χ1n) is 8.33. The number of nitrogens with zero attached hydrogens (tertiary/aromatic N) is 3. The summed E-state index contributed by atoms with van der Waals surface area (Å²) in [7, 11) is 0. The van der Waals surface area contributed by atoms with Crippen molar-refractivity contribution in [2.75, 3.05) is 6.54 Å². The summed E-state index contributed by atoms with van der Waals surface area (Å²) in [6.45, 7) is 7.52. The Labute approximate surface area is 151 Å². The summed E-state index contributed by atoms with van der Waals surface area (Å²) < 4.78 is 1.99. The van der Waals surface area contributed by atoms with E-state index in [1.54, 1.807) is 0 Å². The quantitative estimate of drug-likeness (QED) is 0.734. The fraction of sp³-hybridized carbons (Fsp3) is 0.316. The summed E-state index contributed by atoms with van der Waals surface area (Å²) in [4.78, 5) is 16.8. The van der Waals surface area contributed by atoms with Crippen LogP contribution in [-0.2, 0) is 6.54 Å². The zero-order valence-corrected chi connectivity index (χ0v) is 15.5. The predicted molar refractivity (Wildman–Crippen MR) is 101 cm³/mol. The first kappa shape index (κ1) is 17.4. The van der Waals surface area contributed by atoms with Crippen LogP contribution in [0.5, 0.6) is 0 Å². The molecule has 0 aliphatic heterocycles. The molecular formula is C19H22N4OS. The molecule has 1 unspecified atom stereocenters. The zero-order chi connectivity index (χ0) is 17.8. The number of amides is 1. The van der Waals surface area contributed by atoms with Crippen molar-refractivity contribution in [3.05, 3.63) is 58.9 Å². The second kappa shape index (κ2) is 7.61. The Balaban J connectivity index is 1.56. The lowest BCUT2D eigenvalue weighted by molar-refractivity contribution is 0.0942. The van der Waals surface area contributed by atoms with Crippen molar-refractivity contribution in [2.24, 2.45) is 5.92 Å². The van der Waals surface area contributed by atoms with Crippen LogP contribution in [0.3, 0.4) is 0 Å². The SMILES string of the molecule is Cc1cc(C)n(CC(C)CNC(=O)c2csc(-c3ccccc3)n2)n1. The van der Waals surface area contributed by atoms with Gasteiger partial charge in [0.1, 0.15) is 10.7 Å². The van der Waals surface area contributed by atoms with Gasteiger partial charge in [0.2, 0.25) is 0 Å². The smallest absolute Gasteiger partial charge is 0.270 e. The fourth-order valence-corrected chi connectivity index (χ4v) is 3.47. The average Bonchev–Trinajstić information content (AvgIpc) is 3.21. The molecule has 0 saturated heterocycles. The van der Waals surface area contributed by atoms with Crippen molar-refractivity contribution < 1.29 is 4.79 Å². The summed E-state index contributed by atoms with van der Waals surface area (Å²) >= 11 is 1.49. The van der Waals surface area contributed by atoms with Crippen LogP contribution in [0.2, 0.25) is 0 Å². The second-order valence-electron chi connectivity index (χ2n) is 6.33. The third kappa shape index (κ3) is 4.33. The van der Waals surface area contributed by atoms with Gasteiger partial charge in [0.15, 0.2) is 0 Å². The van der Waals surface area contributed by atoms with E-state index in [4.69, 9.17) is 0 Å². The minimum absolute atomic E-state index is 0.126. The van der Waals surface area contributed by atoms with E-state index in [2.05, 4.69) is 28.4 Å². The number of carbonyl (C=O) groups excluding carboxylic acids is 1. The van der Waals surface area contributed by atoms with Crippen LogP contribution in [0.1, 0.15) is 28.8 Å². The van der Waals surface area contributed by atoms with Crippen LogP contribution in [-0.4, -0.2) is 27.2 Å². The number of hydrogen-bond donors (Lipinski definition) is 1. The molecule has 0 aliphatic rings. The monoisotopic (exact) mass is 354 g/mol. The minimum Gasteiger partial charge on any atom is -0.350 e.